The summed E-state index contributed by atoms with van der Waals surface area (Å²) in [6.07, 6.45) is 3.01. The lowest BCUT2D eigenvalue weighted by Crippen LogP contribution is -2.38. The van der Waals surface area contributed by atoms with E-state index in [0.29, 0.717) is 17.8 Å². The van der Waals surface area contributed by atoms with Gasteiger partial charge in [-0.1, -0.05) is 24.8 Å². The van der Waals surface area contributed by atoms with Crippen LogP contribution in [0.3, 0.4) is 0 Å². The van der Waals surface area contributed by atoms with Crippen molar-refractivity contribution >= 4 is 16.9 Å². The number of thioether (sulfide) groups is 1. The van der Waals surface area contributed by atoms with Crippen LogP contribution in [0, 0.1) is 0 Å². The quantitative estimate of drug-likeness (QED) is 0.855. The minimum atomic E-state index is 0.527. The van der Waals surface area contributed by atoms with E-state index in [1.54, 1.807) is 0 Å². The third-order valence-electron chi connectivity index (χ3n) is 2.48. The fourth-order valence-electron chi connectivity index (χ4n) is 1.77. The highest BCUT2D eigenvalue weighted by molar-refractivity contribution is 8.14. The molecule has 3 nitrogen and oxygen atoms in total. The molecule has 1 aromatic heterocycles. The Morgan fingerprint density at radius 1 is 1.50 bits per heavy atom. The summed E-state index contributed by atoms with van der Waals surface area (Å²) in [7, 11) is 0. The Balaban J connectivity index is 1.97. The Kier molecular flexibility index (Phi) is 3.83. The molecule has 1 fully saturated rings. The van der Waals surface area contributed by atoms with Gasteiger partial charge in [-0.2, -0.15) is 0 Å². The van der Waals surface area contributed by atoms with Gasteiger partial charge in [-0.05, 0) is 25.5 Å². The second-order valence-corrected chi connectivity index (χ2v) is 5.58. The molecule has 0 aliphatic carbocycles. The molecule has 0 saturated carbocycles. The molecule has 2 unspecified atom stereocenters. The summed E-state index contributed by atoms with van der Waals surface area (Å²) >= 11 is 1.82. The molecule has 0 bridgehead atoms. The number of nitrogens with one attached hydrogen (secondary N) is 1. The van der Waals surface area contributed by atoms with Crippen molar-refractivity contribution in [3.8, 4) is 0 Å². The van der Waals surface area contributed by atoms with Crippen molar-refractivity contribution in [1.29, 1.82) is 0 Å². The molecule has 0 spiro atoms. The zero-order chi connectivity index (χ0) is 11.4. The second kappa shape index (κ2) is 5.34. The average molecular weight is 235 g/mol. The molecule has 0 amide bonds. The van der Waals surface area contributed by atoms with E-state index in [2.05, 4.69) is 29.1 Å². The van der Waals surface area contributed by atoms with E-state index in [4.69, 9.17) is 0 Å². The third-order valence-corrected chi connectivity index (χ3v) is 3.54. The van der Waals surface area contributed by atoms with Gasteiger partial charge in [-0.15, -0.1) is 0 Å². The van der Waals surface area contributed by atoms with E-state index < -0.39 is 0 Å². The molecule has 0 aromatic carbocycles. The van der Waals surface area contributed by atoms with Crippen molar-refractivity contribution in [3.63, 3.8) is 0 Å². The number of rotatable bonds is 2. The number of hydrogen-bond acceptors (Lipinski definition) is 3. The summed E-state index contributed by atoms with van der Waals surface area (Å²) in [5.74, 6) is 0. The zero-order valence-electron chi connectivity index (χ0n) is 9.68. The van der Waals surface area contributed by atoms with Crippen molar-refractivity contribution < 1.29 is 0 Å². The molecule has 2 atom stereocenters. The highest BCUT2D eigenvalue weighted by Gasteiger charge is 2.19. The van der Waals surface area contributed by atoms with Crippen LogP contribution in [-0.2, 0) is 6.54 Å². The molecule has 0 radical (unpaired) electrons. The number of amidine groups is 1. The van der Waals surface area contributed by atoms with Gasteiger partial charge in [0.05, 0.1) is 12.2 Å². The Morgan fingerprint density at radius 2 is 2.38 bits per heavy atom. The van der Waals surface area contributed by atoms with Crippen LogP contribution in [-0.4, -0.2) is 21.4 Å². The molecule has 2 rings (SSSR count). The number of hydrogen-bond donors (Lipinski definition) is 1. The van der Waals surface area contributed by atoms with Gasteiger partial charge in [0.2, 0.25) is 0 Å². The predicted octanol–water partition coefficient (Wildman–Crippen LogP) is 2.44. The van der Waals surface area contributed by atoms with Crippen LogP contribution >= 0.6 is 11.8 Å². The SMILES string of the molecule is CC1CC(C)SC(=NCc2ccccn2)N1. The van der Waals surface area contributed by atoms with Crippen LogP contribution in [0.15, 0.2) is 29.4 Å². The fraction of sp³-hybridized carbons (Fsp3) is 0.500. The molecule has 4 heteroatoms. The maximum absolute atomic E-state index is 4.56. The van der Waals surface area contributed by atoms with Crippen LogP contribution in [0.2, 0.25) is 0 Å². The van der Waals surface area contributed by atoms with E-state index in [1.165, 1.54) is 6.42 Å². The Morgan fingerprint density at radius 3 is 3.06 bits per heavy atom. The standard InChI is InChI=1S/C12H17N3S/c1-9-7-10(2)16-12(15-9)14-8-11-5-3-4-6-13-11/h3-6,9-10H,7-8H2,1-2H3,(H,14,15). The van der Waals surface area contributed by atoms with E-state index in [0.717, 1.165) is 10.9 Å². The molecule has 1 aliphatic heterocycles. The van der Waals surface area contributed by atoms with Gasteiger partial charge in [-0.25, -0.2) is 0 Å². The molecule has 2 heterocycles. The summed E-state index contributed by atoms with van der Waals surface area (Å²) < 4.78 is 0. The van der Waals surface area contributed by atoms with Crippen LogP contribution in [0.1, 0.15) is 26.0 Å². The first kappa shape index (κ1) is 11.5. The van der Waals surface area contributed by atoms with Crippen molar-refractivity contribution in [1.82, 2.24) is 10.3 Å². The maximum Gasteiger partial charge on any atom is 0.157 e. The lowest BCUT2D eigenvalue weighted by Gasteiger charge is -2.26. The van der Waals surface area contributed by atoms with Crippen molar-refractivity contribution in [3.05, 3.63) is 30.1 Å². The van der Waals surface area contributed by atoms with Crippen LogP contribution < -0.4 is 5.32 Å². The Bertz CT molecular complexity index is 352. The predicted molar refractivity (Wildman–Crippen MR) is 69.6 cm³/mol. The van der Waals surface area contributed by atoms with E-state index in [9.17, 15) is 0 Å². The highest BCUT2D eigenvalue weighted by Crippen LogP contribution is 2.22. The fourth-order valence-corrected chi connectivity index (χ4v) is 2.94. The van der Waals surface area contributed by atoms with Gasteiger partial charge in [0.25, 0.3) is 0 Å². The number of aliphatic imine (C=N–C) groups is 1. The van der Waals surface area contributed by atoms with Crippen molar-refractivity contribution in [2.24, 2.45) is 4.99 Å². The molecule has 16 heavy (non-hydrogen) atoms. The molecule has 86 valence electrons. The van der Waals surface area contributed by atoms with Crippen LogP contribution in [0.5, 0.6) is 0 Å². The molecule has 1 aromatic rings. The molecule has 1 N–H and O–H groups in total. The normalized spacial score (nSPS) is 27.8. The van der Waals surface area contributed by atoms with Crippen LogP contribution in [0.4, 0.5) is 0 Å². The molecular formula is C12H17N3S. The van der Waals surface area contributed by atoms with Gasteiger partial charge in [0.15, 0.2) is 5.17 Å². The van der Waals surface area contributed by atoms with Crippen LogP contribution in [0.25, 0.3) is 0 Å². The number of aromatic nitrogens is 1. The van der Waals surface area contributed by atoms with Gasteiger partial charge in [0, 0.05) is 17.5 Å². The van der Waals surface area contributed by atoms with Crippen molar-refractivity contribution in [2.45, 2.75) is 38.1 Å². The third kappa shape index (κ3) is 3.23. The van der Waals surface area contributed by atoms with Gasteiger partial charge in [0.1, 0.15) is 0 Å². The van der Waals surface area contributed by atoms with E-state index in [-0.39, 0.29) is 0 Å². The Hall–Kier alpha value is -1.03. The monoisotopic (exact) mass is 235 g/mol. The van der Waals surface area contributed by atoms with E-state index in [1.807, 2.05) is 36.2 Å². The van der Waals surface area contributed by atoms with Gasteiger partial charge >= 0.3 is 0 Å². The smallest absolute Gasteiger partial charge is 0.157 e. The first-order valence-electron chi connectivity index (χ1n) is 5.61. The lowest BCUT2D eigenvalue weighted by molar-refractivity contribution is 0.597. The zero-order valence-corrected chi connectivity index (χ0v) is 10.5. The summed E-state index contributed by atoms with van der Waals surface area (Å²) in [5, 5.41) is 5.11. The highest BCUT2D eigenvalue weighted by atomic mass is 32.2. The summed E-state index contributed by atoms with van der Waals surface area (Å²) in [6, 6.07) is 6.45. The lowest BCUT2D eigenvalue weighted by atomic mass is 10.2. The van der Waals surface area contributed by atoms with Gasteiger partial charge in [-0.3, -0.25) is 9.98 Å². The Labute approximate surface area is 101 Å². The first-order valence-corrected chi connectivity index (χ1v) is 6.49. The first-order chi connectivity index (χ1) is 7.74. The summed E-state index contributed by atoms with van der Waals surface area (Å²) in [5.41, 5.74) is 1.02. The minimum Gasteiger partial charge on any atom is -0.362 e. The molecular weight excluding hydrogens is 218 g/mol. The van der Waals surface area contributed by atoms with E-state index >= 15 is 0 Å². The summed E-state index contributed by atoms with van der Waals surface area (Å²) in [4.78, 5) is 8.82. The largest absolute Gasteiger partial charge is 0.362 e. The summed E-state index contributed by atoms with van der Waals surface area (Å²) in [6.45, 7) is 5.11. The molecule has 1 saturated heterocycles. The number of pyridine rings is 1. The topological polar surface area (TPSA) is 37.3 Å². The minimum absolute atomic E-state index is 0.527. The average Bonchev–Trinajstić information content (AvgIpc) is 2.27. The van der Waals surface area contributed by atoms with Gasteiger partial charge < -0.3 is 5.32 Å². The maximum atomic E-state index is 4.56. The van der Waals surface area contributed by atoms with Crippen molar-refractivity contribution in [2.75, 3.05) is 0 Å². The number of nitrogens with zero attached hydrogens (tertiary/aromatic N) is 2. The second-order valence-electron chi connectivity index (χ2n) is 4.15. The molecule has 1 aliphatic rings.